The summed E-state index contributed by atoms with van der Waals surface area (Å²) in [5.74, 6) is -0.0740. The monoisotopic (exact) mass is 252 g/mol. The average Bonchev–Trinajstić information content (AvgIpc) is 2.19. The van der Waals surface area contributed by atoms with E-state index < -0.39 is 0 Å². The van der Waals surface area contributed by atoms with Crippen LogP contribution in [0.15, 0.2) is 12.1 Å². The predicted octanol–water partition coefficient (Wildman–Crippen LogP) is 2.03. The number of halogens is 1. The molecular weight excluding hydrogens is 244 g/mol. The number of anilines is 1. The number of hydrogen-bond acceptors (Lipinski definition) is 3. The molecule has 0 saturated heterocycles. The minimum Gasteiger partial charge on any atom is -0.398 e. The van der Waals surface area contributed by atoms with Gasteiger partial charge in [0.15, 0.2) is 5.78 Å². The van der Waals surface area contributed by atoms with E-state index in [0.717, 1.165) is 5.56 Å². The van der Waals surface area contributed by atoms with Gasteiger partial charge in [0.25, 0.3) is 0 Å². The number of aryl methyl sites for hydroxylation is 1. The van der Waals surface area contributed by atoms with Crippen molar-refractivity contribution in [3.63, 3.8) is 0 Å². The Morgan fingerprint density at radius 3 is 2.79 bits per heavy atom. The fourth-order valence-corrected chi connectivity index (χ4v) is 1.46. The van der Waals surface area contributed by atoms with E-state index in [2.05, 4.69) is 15.9 Å². The molecule has 72 valence electrons. The first-order chi connectivity index (χ1) is 6.60. The lowest BCUT2D eigenvalue weighted by Gasteiger charge is -2.05. The van der Waals surface area contributed by atoms with Gasteiger partial charge in [0.2, 0.25) is 0 Å². The summed E-state index contributed by atoms with van der Waals surface area (Å²) in [6.45, 7) is 1.78. The molecule has 0 aliphatic heterocycles. The summed E-state index contributed by atoms with van der Waals surface area (Å²) in [6, 6.07) is 5.20. The largest absolute Gasteiger partial charge is 0.398 e. The standard InChI is InChI=1S/C10H9BrN2O/c1-6-2-8(10(14)4-11)9(13)3-7(6)5-12/h2-3H,4,13H2,1H3. The number of hydrogen-bond donors (Lipinski definition) is 1. The van der Waals surface area contributed by atoms with Gasteiger partial charge in [0, 0.05) is 11.3 Å². The van der Waals surface area contributed by atoms with Gasteiger partial charge in [-0.05, 0) is 24.6 Å². The van der Waals surface area contributed by atoms with Gasteiger partial charge in [-0.2, -0.15) is 5.26 Å². The molecule has 4 heteroatoms. The zero-order valence-electron chi connectivity index (χ0n) is 7.67. The quantitative estimate of drug-likeness (QED) is 0.498. The number of benzene rings is 1. The van der Waals surface area contributed by atoms with Gasteiger partial charge in [0.05, 0.1) is 17.0 Å². The van der Waals surface area contributed by atoms with Crippen molar-refractivity contribution in [3.8, 4) is 6.07 Å². The first-order valence-corrected chi connectivity index (χ1v) is 5.11. The molecule has 0 fully saturated rings. The van der Waals surface area contributed by atoms with Crippen LogP contribution in [0.5, 0.6) is 0 Å². The van der Waals surface area contributed by atoms with Crippen LogP contribution in [0.4, 0.5) is 5.69 Å². The van der Waals surface area contributed by atoms with Crippen molar-refractivity contribution in [3.05, 3.63) is 28.8 Å². The van der Waals surface area contributed by atoms with Gasteiger partial charge >= 0.3 is 0 Å². The van der Waals surface area contributed by atoms with E-state index in [0.29, 0.717) is 16.8 Å². The molecule has 0 aliphatic carbocycles. The summed E-state index contributed by atoms with van der Waals surface area (Å²) in [6.07, 6.45) is 0. The highest BCUT2D eigenvalue weighted by Gasteiger charge is 2.10. The lowest BCUT2D eigenvalue weighted by atomic mass is 10.0. The minimum atomic E-state index is -0.0740. The van der Waals surface area contributed by atoms with Gasteiger partial charge in [-0.3, -0.25) is 4.79 Å². The lowest BCUT2D eigenvalue weighted by molar-refractivity contribution is 0.102. The smallest absolute Gasteiger partial charge is 0.175 e. The van der Waals surface area contributed by atoms with Crippen LogP contribution in [-0.2, 0) is 0 Å². The molecule has 1 aromatic carbocycles. The van der Waals surface area contributed by atoms with Crippen LogP contribution < -0.4 is 5.73 Å². The number of ketones is 1. The van der Waals surface area contributed by atoms with Gasteiger partial charge < -0.3 is 5.73 Å². The van der Waals surface area contributed by atoms with E-state index in [-0.39, 0.29) is 11.1 Å². The topological polar surface area (TPSA) is 66.9 Å². The molecule has 0 radical (unpaired) electrons. The van der Waals surface area contributed by atoms with Crippen LogP contribution >= 0.6 is 15.9 Å². The van der Waals surface area contributed by atoms with Crippen molar-refractivity contribution in [2.24, 2.45) is 0 Å². The van der Waals surface area contributed by atoms with Crippen LogP contribution in [0.2, 0.25) is 0 Å². The number of carbonyl (C=O) groups is 1. The highest BCUT2D eigenvalue weighted by atomic mass is 79.9. The molecule has 14 heavy (non-hydrogen) atoms. The molecule has 0 spiro atoms. The summed E-state index contributed by atoms with van der Waals surface area (Å²) in [5.41, 5.74) is 7.76. The van der Waals surface area contributed by atoms with Crippen LogP contribution in [0, 0.1) is 18.3 Å². The zero-order valence-corrected chi connectivity index (χ0v) is 9.26. The van der Waals surface area contributed by atoms with E-state index in [1.165, 1.54) is 6.07 Å². The lowest BCUT2D eigenvalue weighted by Crippen LogP contribution is -2.06. The maximum atomic E-state index is 11.4. The third kappa shape index (κ3) is 1.94. The number of Topliss-reactive ketones (excluding diaryl/α,β-unsaturated/α-hetero) is 1. The molecule has 0 heterocycles. The number of carbonyl (C=O) groups excluding carboxylic acids is 1. The predicted molar refractivity (Wildman–Crippen MR) is 58.4 cm³/mol. The molecule has 0 aliphatic rings. The molecule has 2 N–H and O–H groups in total. The molecule has 1 rings (SSSR count). The van der Waals surface area contributed by atoms with Gasteiger partial charge in [0.1, 0.15) is 0 Å². The average molecular weight is 253 g/mol. The van der Waals surface area contributed by atoms with Crippen molar-refractivity contribution in [2.75, 3.05) is 11.1 Å². The van der Waals surface area contributed by atoms with E-state index in [9.17, 15) is 4.79 Å². The van der Waals surface area contributed by atoms with Gasteiger partial charge in [-0.15, -0.1) is 0 Å². The van der Waals surface area contributed by atoms with Gasteiger partial charge in [-0.1, -0.05) is 15.9 Å². The summed E-state index contributed by atoms with van der Waals surface area (Å²) in [5, 5.41) is 8.97. The summed E-state index contributed by atoms with van der Waals surface area (Å²) >= 11 is 3.08. The number of nitriles is 1. The second-order valence-electron chi connectivity index (χ2n) is 2.92. The third-order valence-electron chi connectivity index (χ3n) is 1.94. The molecular formula is C10H9BrN2O. The Bertz CT molecular complexity index is 421. The van der Waals surface area contributed by atoms with Crippen molar-refractivity contribution < 1.29 is 4.79 Å². The number of alkyl halides is 1. The molecule has 0 amide bonds. The summed E-state index contributed by atoms with van der Waals surface area (Å²) in [4.78, 5) is 11.4. The highest BCUT2D eigenvalue weighted by Crippen LogP contribution is 2.19. The second kappa shape index (κ2) is 4.25. The van der Waals surface area contributed by atoms with E-state index >= 15 is 0 Å². The molecule has 1 aromatic rings. The van der Waals surface area contributed by atoms with Crippen LogP contribution in [0.3, 0.4) is 0 Å². The SMILES string of the molecule is Cc1cc(C(=O)CBr)c(N)cc1C#N. The molecule has 0 saturated carbocycles. The maximum absolute atomic E-state index is 11.4. The molecule has 3 nitrogen and oxygen atoms in total. The van der Waals surface area contributed by atoms with Crippen molar-refractivity contribution >= 4 is 27.4 Å². The summed E-state index contributed by atoms with van der Waals surface area (Å²) < 4.78 is 0. The Labute approximate surface area is 90.7 Å². The normalized spacial score (nSPS) is 9.50. The van der Waals surface area contributed by atoms with Crippen LogP contribution in [-0.4, -0.2) is 11.1 Å². The Balaban J connectivity index is 3.30. The number of nitrogen functional groups attached to an aromatic ring is 1. The maximum Gasteiger partial charge on any atom is 0.175 e. The van der Waals surface area contributed by atoms with E-state index in [4.69, 9.17) is 11.0 Å². The number of nitrogens with zero attached hydrogens (tertiary/aromatic N) is 1. The van der Waals surface area contributed by atoms with Crippen molar-refractivity contribution in [1.82, 2.24) is 0 Å². The molecule has 0 unspecified atom stereocenters. The Kier molecular flexibility index (Phi) is 3.26. The van der Waals surface area contributed by atoms with Crippen molar-refractivity contribution in [1.29, 1.82) is 5.26 Å². The van der Waals surface area contributed by atoms with E-state index in [1.54, 1.807) is 13.0 Å². The minimum absolute atomic E-state index is 0.0740. The number of rotatable bonds is 2. The Morgan fingerprint density at radius 1 is 1.64 bits per heavy atom. The third-order valence-corrected chi connectivity index (χ3v) is 2.45. The molecule has 0 atom stereocenters. The van der Waals surface area contributed by atoms with Crippen LogP contribution in [0.25, 0.3) is 0 Å². The first kappa shape index (κ1) is 10.7. The zero-order chi connectivity index (χ0) is 10.7. The second-order valence-corrected chi connectivity index (χ2v) is 3.48. The van der Waals surface area contributed by atoms with Crippen LogP contribution in [0.1, 0.15) is 21.5 Å². The Hall–Kier alpha value is -1.34. The fourth-order valence-electron chi connectivity index (χ4n) is 1.16. The molecule has 0 bridgehead atoms. The van der Waals surface area contributed by atoms with E-state index in [1.807, 2.05) is 6.07 Å². The molecule has 0 aromatic heterocycles. The number of nitrogens with two attached hydrogens (primary N) is 1. The summed E-state index contributed by atoms with van der Waals surface area (Å²) in [7, 11) is 0. The van der Waals surface area contributed by atoms with Gasteiger partial charge in [-0.25, -0.2) is 0 Å². The van der Waals surface area contributed by atoms with Crippen molar-refractivity contribution in [2.45, 2.75) is 6.92 Å². The highest BCUT2D eigenvalue weighted by molar-refractivity contribution is 9.09. The Morgan fingerprint density at radius 2 is 2.29 bits per heavy atom. The fraction of sp³-hybridized carbons (Fsp3) is 0.200. The first-order valence-electron chi connectivity index (χ1n) is 3.99.